The van der Waals surface area contributed by atoms with Crippen molar-refractivity contribution in [1.29, 1.82) is 0 Å². The van der Waals surface area contributed by atoms with Gasteiger partial charge in [0, 0.05) is 15.2 Å². The normalized spacial score (nSPS) is 10.1. The third kappa shape index (κ3) is 2.60. The summed E-state index contributed by atoms with van der Waals surface area (Å²) in [6, 6.07) is 8.96. The molecule has 1 amide bonds. The van der Waals surface area contributed by atoms with E-state index in [9.17, 15) is 4.79 Å². The van der Waals surface area contributed by atoms with Gasteiger partial charge in [0.1, 0.15) is 5.76 Å². The van der Waals surface area contributed by atoms with E-state index in [0.717, 1.165) is 3.57 Å². The third-order valence-corrected chi connectivity index (χ3v) is 2.70. The van der Waals surface area contributed by atoms with Crippen LogP contribution in [0, 0.1) is 10.5 Å². The van der Waals surface area contributed by atoms with Gasteiger partial charge in [0.05, 0.1) is 0 Å². The second kappa shape index (κ2) is 4.65. The van der Waals surface area contributed by atoms with E-state index in [0.29, 0.717) is 17.1 Å². The number of aryl methyl sites for hydroxylation is 1. The molecule has 0 spiro atoms. The fraction of sp³-hybridized carbons (Fsp3) is 0.0909. The second-order valence-corrected chi connectivity index (χ2v) is 4.53. The number of halogens is 1. The van der Waals surface area contributed by atoms with Gasteiger partial charge < -0.3 is 9.84 Å². The van der Waals surface area contributed by atoms with Crippen molar-refractivity contribution in [1.82, 2.24) is 5.16 Å². The molecule has 0 aliphatic heterocycles. The third-order valence-electron chi connectivity index (χ3n) is 1.98. The first-order valence-electron chi connectivity index (χ1n) is 4.65. The molecule has 0 unspecified atom stereocenters. The predicted molar refractivity (Wildman–Crippen MR) is 68.4 cm³/mol. The first-order chi connectivity index (χ1) is 7.65. The van der Waals surface area contributed by atoms with Crippen LogP contribution in [0.2, 0.25) is 0 Å². The Morgan fingerprint density at radius 2 is 2.06 bits per heavy atom. The Labute approximate surface area is 106 Å². The Kier molecular flexibility index (Phi) is 3.23. The smallest absolute Gasteiger partial charge is 0.256 e. The van der Waals surface area contributed by atoms with Gasteiger partial charge in [-0.25, -0.2) is 0 Å². The van der Waals surface area contributed by atoms with Gasteiger partial charge in [-0.2, -0.15) is 0 Å². The van der Waals surface area contributed by atoms with Gasteiger partial charge >= 0.3 is 0 Å². The van der Waals surface area contributed by atoms with E-state index in [4.69, 9.17) is 4.52 Å². The maximum atomic E-state index is 11.7. The standard InChI is InChI=1S/C11H9IN2O2/c1-7-6-10(14-16-7)13-11(15)8-2-4-9(12)5-3-8/h2-6H,1H3,(H,13,14,15). The minimum Gasteiger partial charge on any atom is -0.360 e. The Morgan fingerprint density at radius 1 is 1.38 bits per heavy atom. The molecule has 16 heavy (non-hydrogen) atoms. The van der Waals surface area contributed by atoms with E-state index < -0.39 is 0 Å². The highest BCUT2D eigenvalue weighted by atomic mass is 127. The Bertz CT molecular complexity index is 505. The van der Waals surface area contributed by atoms with Crippen molar-refractivity contribution in [2.75, 3.05) is 5.32 Å². The van der Waals surface area contributed by atoms with Crippen molar-refractivity contribution in [2.45, 2.75) is 6.92 Å². The molecule has 5 heteroatoms. The zero-order chi connectivity index (χ0) is 11.5. The maximum absolute atomic E-state index is 11.7. The molecule has 0 saturated carbocycles. The molecule has 0 saturated heterocycles. The lowest BCUT2D eigenvalue weighted by atomic mass is 10.2. The van der Waals surface area contributed by atoms with Gasteiger partial charge in [-0.3, -0.25) is 4.79 Å². The summed E-state index contributed by atoms with van der Waals surface area (Å²) >= 11 is 2.19. The van der Waals surface area contributed by atoms with Gasteiger partial charge in [0.15, 0.2) is 5.82 Å². The summed E-state index contributed by atoms with van der Waals surface area (Å²) in [6.07, 6.45) is 0. The topological polar surface area (TPSA) is 55.1 Å². The molecule has 82 valence electrons. The van der Waals surface area contributed by atoms with Crippen LogP contribution in [-0.4, -0.2) is 11.1 Å². The van der Waals surface area contributed by atoms with Gasteiger partial charge in [-0.15, -0.1) is 0 Å². The highest BCUT2D eigenvalue weighted by Crippen LogP contribution is 2.11. The molecule has 0 aliphatic rings. The highest BCUT2D eigenvalue weighted by molar-refractivity contribution is 14.1. The van der Waals surface area contributed by atoms with Crippen molar-refractivity contribution < 1.29 is 9.32 Å². The van der Waals surface area contributed by atoms with Crippen molar-refractivity contribution in [2.24, 2.45) is 0 Å². The van der Waals surface area contributed by atoms with Crippen LogP contribution in [0.5, 0.6) is 0 Å². The van der Waals surface area contributed by atoms with Gasteiger partial charge in [-0.1, -0.05) is 5.16 Å². The Balaban J connectivity index is 2.11. The molecule has 2 rings (SSSR count). The molecule has 0 fully saturated rings. The predicted octanol–water partition coefficient (Wildman–Crippen LogP) is 2.84. The van der Waals surface area contributed by atoms with Crippen LogP contribution >= 0.6 is 22.6 Å². The quantitative estimate of drug-likeness (QED) is 0.863. The van der Waals surface area contributed by atoms with E-state index in [-0.39, 0.29) is 5.91 Å². The summed E-state index contributed by atoms with van der Waals surface area (Å²) in [6.45, 7) is 1.77. The van der Waals surface area contributed by atoms with Crippen LogP contribution in [0.3, 0.4) is 0 Å². The maximum Gasteiger partial charge on any atom is 0.256 e. The van der Waals surface area contributed by atoms with Crippen molar-refractivity contribution in [3.05, 3.63) is 45.2 Å². The molecule has 1 N–H and O–H groups in total. The van der Waals surface area contributed by atoms with Crippen molar-refractivity contribution in [3.8, 4) is 0 Å². The summed E-state index contributed by atoms with van der Waals surface area (Å²) in [5.41, 5.74) is 0.598. The zero-order valence-corrected chi connectivity index (χ0v) is 10.7. The monoisotopic (exact) mass is 328 g/mol. The first kappa shape index (κ1) is 11.1. The second-order valence-electron chi connectivity index (χ2n) is 3.28. The van der Waals surface area contributed by atoms with Gasteiger partial charge in [-0.05, 0) is 53.8 Å². The molecule has 1 aromatic carbocycles. The largest absolute Gasteiger partial charge is 0.360 e. The molecule has 1 heterocycles. The SMILES string of the molecule is Cc1cc(NC(=O)c2ccc(I)cc2)no1. The molecular formula is C11H9IN2O2. The van der Waals surface area contributed by atoms with E-state index in [1.807, 2.05) is 12.1 Å². The summed E-state index contributed by atoms with van der Waals surface area (Å²) in [4.78, 5) is 11.7. The summed E-state index contributed by atoms with van der Waals surface area (Å²) in [5, 5.41) is 6.34. The minimum atomic E-state index is -0.190. The van der Waals surface area contributed by atoms with Crippen molar-refractivity contribution >= 4 is 34.3 Å². The fourth-order valence-electron chi connectivity index (χ4n) is 1.22. The van der Waals surface area contributed by atoms with E-state index >= 15 is 0 Å². The first-order valence-corrected chi connectivity index (χ1v) is 5.73. The van der Waals surface area contributed by atoms with E-state index in [2.05, 4.69) is 33.1 Å². The molecule has 0 bridgehead atoms. The molecule has 1 aromatic heterocycles. The highest BCUT2D eigenvalue weighted by Gasteiger charge is 2.08. The number of rotatable bonds is 2. The number of carbonyl (C=O) groups excluding carboxylic acids is 1. The number of amides is 1. The fourth-order valence-corrected chi connectivity index (χ4v) is 1.57. The lowest BCUT2D eigenvalue weighted by Gasteiger charge is -2.00. The van der Waals surface area contributed by atoms with E-state index in [1.165, 1.54) is 0 Å². The Hall–Kier alpha value is -1.37. The summed E-state index contributed by atoms with van der Waals surface area (Å²) in [7, 11) is 0. The number of aromatic nitrogens is 1. The lowest BCUT2D eigenvalue weighted by Crippen LogP contribution is -2.11. The van der Waals surface area contributed by atoms with Crippen LogP contribution in [0.15, 0.2) is 34.9 Å². The molecule has 0 aliphatic carbocycles. The number of benzene rings is 1. The summed E-state index contributed by atoms with van der Waals surface area (Å²) < 4.78 is 5.94. The lowest BCUT2D eigenvalue weighted by molar-refractivity contribution is 0.102. The minimum absolute atomic E-state index is 0.190. The van der Waals surface area contributed by atoms with Crippen LogP contribution in [0.1, 0.15) is 16.1 Å². The number of carbonyl (C=O) groups is 1. The van der Waals surface area contributed by atoms with Crippen LogP contribution in [-0.2, 0) is 0 Å². The van der Waals surface area contributed by atoms with Gasteiger partial charge in [0.25, 0.3) is 5.91 Å². The average molecular weight is 328 g/mol. The number of anilines is 1. The Morgan fingerprint density at radius 3 is 2.62 bits per heavy atom. The van der Waals surface area contributed by atoms with Crippen LogP contribution in [0.25, 0.3) is 0 Å². The average Bonchev–Trinajstić information content (AvgIpc) is 2.65. The van der Waals surface area contributed by atoms with Crippen LogP contribution < -0.4 is 5.32 Å². The molecule has 0 radical (unpaired) electrons. The molecule has 0 atom stereocenters. The van der Waals surface area contributed by atoms with Gasteiger partial charge in [0.2, 0.25) is 0 Å². The number of hydrogen-bond acceptors (Lipinski definition) is 3. The molecule has 4 nitrogen and oxygen atoms in total. The summed E-state index contributed by atoms with van der Waals surface area (Å²) in [5.74, 6) is 0.906. The number of nitrogens with one attached hydrogen (secondary N) is 1. The number of hydrogen-bond donors (Lipinski definition) is 1. The molecule has 2 aromatic rings. The van der Waals surface area contributed by atoms with Crippen molar-refractivity contribution in [3.63, 3.8) is 0 Å². The number of nitrogens with zero attached hydrogens (tertiary/aromatic N) is 1. The van der Waals surface area contributed by atoms with Crippen LogP contribution in [0.4, 0.5) is 5.82 Å². The molecular weight excluding hydrogens is 319 g/mol. The van der Waals surface area contributed by atoms with E-state index in [1.54, 1.807) is 25.1 Å². The zero-order valence-electron chi connectivity index (χ0n) is 8.53.